The van der Waals surface area contributed by atoms with E-state index in [9.17, 15) is 0 Å². The average molecular weight is 240 g/mol. The molecule has 1 aromatic carbocycles. The molecule has 3 heteroatoms. The normalized spacial score (nSPS) is 10.6. The summed E-state index contributed by atoms with van der Waals surface area (Å²) in [5.74, 6) is 0. The Balaban J connectivity index is 2.17. The van der Waals surface area contributed by atoms with Gasteiger partial charge in [-0.1, -0.05) is 18.2 Å². The zero-order chi connectivity index (χ0) is 11.7. The molecule has 84 valence electrons. The van der Waals surface area contributed by atoms with Crippen molar-refractivity contribution in [2.45, 2.75) is 6.92 Å². The molecular formula is C14H12N2S. The van der Waals surface area contributed by atoms with Gasteiger partial charge >= 0.3 is 0 Å². The van der Waals surface area contributed by atoms with E-state index in [4.69, 9.17) is 0 Å². The van der Waals surface area contributed by atoms with E-state index in [-0.39, 0.29) is 0 Å². The monoisotopic (exact) mass is 240 g/mol. The Bertz CT molecular complexity index is 623. The van der Waals surface area contributed by atoms with Crippen LogP contribution in [-0.2, 0) is 0 Å². The molecule has 0 fully saturated rings. The fraction of sp³-hybridized carbons (Fsp3) is 0.0714. The van der Waals surface area contributed by atoms with Crippen molar-refractivity contribution >= 4 is 11.3 Å². The Morgan fingerprint density at radius 1 is 1.06 bits per heavy atom. The van der Waals surface area contributed by atoms with E-state index in [1.165, 1.54) is 15.3 Å². The summed E-state index contributed by atoms with van der Waals surface area (Å²) in [7, 11) is 0. The summed E-state index contributed by atoms with van der Waals surface area (Å²) >= 11 is 1.81. The van der Waals surface area contributed by atoms with Gasteiger partial charge in [-0.3, -0.25) is 0 Å². The molecule has 2 aromatic heterocycles. The highest BCUT2D eigenvalue weighted by Gasteiger charge is 2.07. The second-order valence-electron chi connectivity index (χ2n) is 3.88. The molecular weight excluding hydrogens is 228 g/mol. The minimum atomic E-state index is 1.12. The maximum Gasteiger partial charge on any atom is 0.0732 e. The standard InChI is InChI=1S/C14H12N2S/c1-11-7-8-14(17-11)12-5-2-3-6-13(12)16-10-4-9-15-16/h2-10H,1H3. The molecule has 3 rings (SSSR count). The van der Waals surface area contributed by atoms with Crippen molar-refractivity contribution in [3.8, 4) is 16.1 Å². The number of aromatic nitrogens is 2. The van der Waals surface area contributed by atoms with Crippen LogP contribution in [0.5, 0.6) is 0 Å². The number of hydrogen-bond donors (Lipinski definition) is 0. The average Bonchev–Trinajstić information content (AvgIpc) is 3.00. The summed E-state index contributed by atoms with van der Waals surface area (Å²) in [5.41, 5.74) is 2.36. The van der Waals surface area contributed by atoms with E-state index in [0.717, 1.165) is 5.69 Å². The van der Waals surface area contributed by atoms with E-state index in [1.54, 1.807) is 6.20 Å². The van der Waals surface area contributed by atoms with E-state index < -0.39 is 0 Å². The smallest absolute Gasteiger partial charge is 0.0732 e. The summed E-state index contributed by atoms with van der Waals surface area (Å²) < 4.78 is 1.91. The van der Waals surface area contributed by atoms with Gasteiger partial charge in [-0.15, -0.1) is 11.3 Å². The lowest BCUT2D eigenvalue weighted by molar-refractivity contribution is 0.882. The van der Waals surface area contributed by atoms with Crippen LogP contribution in [0.15, 0.2) is 54.9 Å². The SMILES string of the molecule is Cc1ccc(-c2ccccc2-n2cccn2)s1. The van der Waals surface area contributed by atoms with Crippen LogP contribution in [0, 0.1) is 6.92 Å². The first kappa shape index (κ1) is 10.3. The molecule has 0 bridgehead atoms. The van der Waals surface area contributed by atoms with Crippen LogP contribution >= 0.6 is 11.3 Å². The number of thiophene rings is 1. The van der Waals surface area contributed by atoms with Crippen LogP contribution in [-0.4, -0.2) is 9.78 Å². The first-order valence-electron chi connectivity index (χ1n) is 5.50. The Kier molecular flexibility index (Phi) is 2.53. The Labute approximate surface area is 104 Å². The summed E-state index contributed by atoms with van der Waals surface area (Å²) in [6.45, 7) is 2.13. The lowest BCUT2D eigenvalue weighted by Crippen LogP contribution is -1.95. The molecule has 0 aliphatic carbocycles. The predicted molar refractivity (Wildman–Crippen MR) is 71.6 cm³/mol. The lowest BCUT2D eigenvalue weighted by atomic mass is 10.1. The first-order valence-corrected chi connectivity index (χ1v) is 6.32. The van der Waals surface area contributed by atoms with Gasteiger partial charge in [-0.05, 0) is 31.2 Å². The third kappa shape index (κ3) is 1.89. The maximum absolute atomic E-state index is 4.30. The van der Waals surface area contributed by atoms with Crippen LogP contribution in [0.25, 0.3) is 16.1 Å². The molecule has 2 nitrogen and oxygen atoms in total. The summed E-state index contributed by atoms with van der Waals surface area (Å²) in [6, 6.07) is 14.6. The molecule has 0 radical (unpaired) electrons. The fourth-order valence-corrected chi connectivity index (χ4v) is 2.77. The number of nitrogens with zero attached hydrogens (tertiary/aromatic N) is 2. The molecule has 0 saturated carbocycles. The highest BCUT2D eigenvalue weighted by atomic mass is 32.1. The van der Waals surface area contributed by atoms with Gasteiger partial charge in [0.2, 0.25) is 0 Å². The minimum Gasteiger partial charge on any atom is -0.240 e. The second-order valence-corrected chi connectivity index (χ2v) is 5.17. The number of aryl methyl sites for hydroxylation is 1. The molecule has 0 unspecified atom stereocenters. The first-order chi connectivity index (χ1) is 8.34. The van der Waals surface area contributed by atoms with Gasteiger partial charge in [0.1, 0.15) is 0 Å². The topological polar surface area (TPSA) is 17.8 Å². The molecule has 17 heavy (non-hydrogen) atoms. The van der Waals surface area contributed by atoms with Crippen LogP contribution in [0.1, 0.15) is 4.88 Å². The number of hydrogen-bond acceptors (Lipinski definition) is 2. The van der Waals surface area contributed by atoms with Crippen molar-refractivity contribution in [1.29, 1.82) is 0 Å². The van der Waals surface area contributed by atoms with Gasteiger partial charge < -0.3 is 0 Å². The molecule has 0 saturated heterocycles. The number of benzene rings is 1. The van der Waals surface area contributed by atoms with Crippen molar-refractivity contribution in [3.63, 3.8) is 0 Å². The Morgan fingerprint density at radius 2 is 1.94 bits per heavy atom. The number of rotatable bonds is 2. The maximum atomic E-state index is 4.30. The van der Waals surface area contributed by atoms with Crippen LogP contribution in [0.4, 0.5) is 0 Å². The predicted octanol–water partition coefficient (Wildman–Crippen LogP) is 3.91. The molecule has 0 atom stereocenters. The molecule has 0 aliphatic rings. The number of para-hydroxylation sites is 1. The van der Waals surface area contributed by atoms with Crippen LogP contribution in [0.2, 0.25) is 0 Å². The van der Waals surface area contributed by atoms with Crippen LogP contribution < -0.4 is 0 Å². The molecule has 0 spiro atoms. The van der Waals surface area contributed by atoms with Crippen molar-refractivity contribution in [1.82, 2.24) is 9.78 Å². The van der Waals surface area contributed by atoms with Crippen molar-refractivity contribution in [3.05, 3.63) is 59.7 Å². The third-order valence-electron chi connectivity index (χ3n) is 2.66. The van der Waals surface area contributed by atoms with E-state index in [2.05, 4.69) is 42.4 Å². The van der Waals surface area contributed by atoms with Crippen molar-refractivity contribution in [2.75, 3.05) is 0 Å². The van der Waals surface area contributed by atoms with Crippen molar-refractivity contribution in [2.24, 2.45) is 0 Å². The molecule has 3 aromatic rings. The minimum absolute atomic E-state index is 1.12. The van der Waals surface area contributed by atoms with Gasteiger partial charge in [0.05, 0.1) is 5.69 Å². The molecule has 0 N–H and O–H groups in total. The Morgan fingerprint density at radius 3 is 2.65 bits per heavy atom. The lowest BCUT2D eigenvalue weighted by Gasteiger charge is -2.07. The second kappa shape index (κ2) is 4.18. The van der Waals surface area contributed by atoms with Gasteiger partial charge in [-0.25, -0.2) is 4.68 Å². The van der Waals surface area contributed by atoms with Gasteiger partial charge in [0, 0.05) is 27.7 Å². The molecule has 2 heterocycles. The molecule has 0 amide bonds. The van der Waals surface area contributed by atoms with E-state index >= 15 is 0 Å². The van der Waals surface area contributed by atoms with Gasteiger partial charge in [-0.2, -0.15) is 5.10 Å². The van der Waals surface area contributed by atoms with E-state index in [0.29, 0.717) is 0 Å². The fourth-order valence-electron chi connectivity index (χ4n) is 1.87. The third-order valence-corrected chi connectivity index (χ3v) is 3.70. The van der Waals surface area contributed by atoms with Crippen LogP contribution in [0.3, 0.4) is 0 Å². The quantitative estimate of drug-likeness (QED) is 0.664. The summed E-state index contributed by atoms with van der Waals surface area (Å²) in [5, 5.41) is 4.30. The van der Waals surface area contributed by atoms with Gasteiger partial charge in [0.15, 0.2) is 0 Å². The molecule has 0 aliphatic heterocycles. The zero-order valence-electron chi connectivity index (χ0n) is 9.50. The Hall–Kier alpha value is -1.87. The highest BCUT2D eigenvalue weighted by Crippen LogP contribution is 2.31. The van der Waals surface area contributed by atoms with E-state index in [1.807, 2.05) is 34.3 Å². The van der Waals surface area contributed by atoms with Crippen molar-refractivity contribution < 1.29 is 0 Å². The largest absolute Gasteiger partial charge is 0.240 e. The summed E-state index contributed by atoms with van der Waals surface area (Å²) in [6.07, 6.45) is 3.77. The van der Waals surface area contributed by atoms with Gasteiger partial charge in [0.25, 0.3) is 0 Å². The zero-order valence-corrected chi connectivity index (χ0v) is 10.3. The highest BCUT2D eigenvalue weighted by molar-refractivity contribution is 7.15. The summed E-state index contributed by atoms with van der Waals surface area (Å²) in [4.78, 5) is 2.61.